The zero-order valence-electron chi connectivity index (χ0n) is 16.6. The van der Waals surface area contributed by atoms with E-state index in [1.807, 2.05) is 50.2 Å². The van der Waals surface area contributed by atoms with Crippen molar-refractivity contribution in [2.75, 3.05) is 13.2 Å². The number of aryl methyl sites for hydroxylation is 1. The molecular weight excluding hydrogens is 376 g/mol. The molecule has 2 amide bonds. The van der Waals surface area contributed by atoms with Crippen LogP contribution in [0.1, 0.15) is 31.4 Å². The molecule has 6 heteroatoms. The maximum atomic E-state index is 12.9. The third kappa shape index (κ3) is 6.57. The molecule has 0 aliphatic carbocycles. The van der Waals surface area contributed by atoms with Crippen molar-refractivity contribution in [2.24, 2.45) is 0 Å². The minimum atomic E-state index is -0.614. The number of carbonyl (C=O) groups is 2. The van der Waals surface area contributed by atoms with Crippen molar-refractivity contribution in [3.05, 3.63) is 64.7 Å². The molecule has 1 atom stereocenters. The van der Waals surface area contributed by atoms with Crippen LogP contribution in [0.15, 0.2) is 48.5 Å². The molecule has 0 bridgehead atoms. The van der Waals surface area contributed by atoms with Gasteiger partial charge in [-0.3, -0.25) is 9.59 Å². The molecule has 2 aromatic rings. The van der Waals surface area contributed by atoms with Crippen LogP contribution < -0.4 is 10.1 Å². The van der Waals surface area contributed by atoms with Gasteiger partial charge in [0.05, 0.1) is 0 Å². The van der Waals surface area contributed by atoms with E-state index in [0.717, 1.165) is 17.5 Å². The Bertz CT molecular complexity index is 775. The maximum absolute atomic E-state index is 12.9. The predicted molar refractivity (Wildman–Crippen MR) is 111 cm³/mol. The van der Waals surface area contributed by atoms with Crippen LogP contribution in [-0.4, -0.2) is 35.9 Å². The molecule has 28 heavy (non-hydrogen) atoms. The second kappa shape index (κ2) is 10.7. The summed E-state index contributed by atoms with van der Waals surface area (Å²) in [4.78, 5) is 26.8. The number of nitrogens with one attached hydrogen (secondary N) is 1. The van der Waals surface area contributed by atoms with Gasteiger partial charge >= 0.3 is 0 Å². The molecule has 1 N–H and O–H groups in total. The van der Waals surface area contributed by atoms with E-state index in [-0.39, 0.29) is 18.4 Å². The van der Waals surface area contributed by atoms with Gasteiger partial charge in [-0.25, -0.2) is 0 Å². The largest absolute Gasteiger partial charge is 0.484 e. The van der Waals surface area contributed by atoms with E-state index in [0.29, 0.717) is 23.9 Å². The van der Waals surface area contributed by atoms with Crippen LogP contribution in [0.25, 0.3) is 0 Å². The highest BCUT2D eigenvalue weighted by molar-refractivity contribution is 6.30. The molecule has 0 unspecified atom stereocenters. The van der Waals surface area contributed by atoms with Gasteiger partial charge in [0.2, 0.25) is 5.91 Å². The monoisotopic (exact) mass is 402 g/mol. The third-order valence-corrected chi connectivity index (χ3v) is 4.62. The Labute approximate surface area is 171 Å². The van der Waals surface area contributed by atoms with E-state index < -0.39 is 6.04 Å². The lowest BCUT2D eigenvalue weighted by molar-refractivity contribution is -0.142. The second-order valence-corrected chi connectivity index (χ2v) is 7.15. The van der Waals surface area contributed by atoms with E-state index >= 15 is 0 Å². The van der Waals surface area contributed by atoms with E-state index in [1.165, 1.54) is 4.90 Å². The van der Waals surface area contributed by atoms with Crippen LogP contribution in [-0.2, 0) is 16.1 Å². The molecule has 0 heterocycles. The first-order valence-electron chi connectivity index (χ1n) is 9.41. The third-order valence-electron chi connectivity index (χ3n) is 4.37. The number of carbonyl (C=O) groups excluding carboxylic acids is 2. The van der Waals surface area contributed by atoms with Crippen LogP contribution in [0.4, 0.5) is 0 Å². The summed E-state index contributed by atoms with van der Waals surface area (Å²) in [5, 5.41) is 3.47. The highest BCUT2D eigenvalue weighted by atomic mass is 35.5. The second-order valence-electron chi connectivity index (χ2n) is 6.72. The molecule has 0 saturated carbocycles. The lowest BCUT2D eigenvalue weighted by Crippen LogP contribution is -2.49. The summed E-state index contributed by atoms with van der Waals surface area (Å²) in [6.07, 6.45) is 0.833. The van der Waals surface area contributed by atoms with Gasteiger partial charge in [0.25, 0.3) is 5.91 Å². The first-order valence-corrected chi connectivity index (χ1v) is 9.79. The van der Waals surface area contributed by atoms with Gasteiger partial charge in [0, 0.05) is 18.1 Å². The van der Waals surface area contributed by atoms with Crippen molar-refractivity contribution < 1.29 is 14.3 Å². The minimum Gasteiger partial charge on any atom is -0.484 e. The number of ether oxygens (including phenoxy) is 1. The molecule has 5 nitrogen and oxygen atoms in total. The standard InChI is InChI=1S/C22H27ClN2O3/c1-4-13-24-22(27)17(3)25(14-18-7-9-19(23)10-8-18)21(26)15-28-20-11-5-16(2)6-12-20/h5-12,17H,4,13-15H2,1-3H3,(H,24,27)/t17-/m1/s1. The van der Waals surface area contributed by atoms with Gasteiger partial charge in [-0.05, 0) is 50.1 Å². The smallest absolute Gasteiger partial charge is 0.261 e. The van der Waals surface area contributed by atoms with Gasteiger partial charge in [-0.1, -0.05) is 48.4 Å². The first kappa shape index (κ1) is 21.8. The van der Waals surface area contributed by atoms with Gasteiger partial charge in [0.1, 0.15) is 11.8 Å². The van der Waals surface area contributed by atoms with Crippen LogP contribution in [0.5, 0.6) is 5.75 Å². The minimum absolute atomic E-state index is 0.137. The highest BCUT2D eigenvalue weighted by Crippen LogP contribution is 2.15. The number of hydrogen-bond acceptors (Lipinski definition) is 3. The van der Waals surface area contributed by atoms with Crippen molar-refractivity contribution in [3.63, 3.8) is 0 Å². The molecule has 0 saturated heterocycles. The summed E-state index contributed by atoms with van der Waals surface area (Å²) >= 11 is 5.94. The van der Waals surface area contributed by atoms with Gasteiger partial charge in [-0.2, -0.15) is 0 Å². The Hall–Kier alpha value is -2.53. The Morgan fingerprint density at radius 1 is 1.11 bits per heavy atom. The quantitative estimate of drug-likeness (QED) is 0.690. The number of nitrogens with zero attached hydrogens (tertiary/aromatic N) is 1. The first-order chi connectivity index (χ1) is 13.4. The highest BCUT2D eigenvalue weighted by Gasteiger charge is 2.26. The summed E-state index contributed by atoms with van der Waals surface area (Å²) < 4.78 is 5.63. The SMILES string of the molecule is CCCNC(=O)[C@@H](C)N(Cc1ccc(Cl)cc1)C(=O)COc1ccc(C)cc1. The maximum Gasteiger partial charge on any atom is 0.261 e. The van der Waals surface area contributed by atoms with E-state index in [4.69, 9.17) is 16.3 Å². The Kier molecular flexibility index (Phi) is 8.33. The fourth-order valence-corrected chi connectivity index (χ4v) is 2.75. The fourth-order valence-electron chi connectivity index (χ4n) is 2.63. The number of hydrogen-bond donors (Lipinski definition) is 1. The van der Waals surface area contributed by atoms with Crippen molar-refractivity contribution in [1.29, 1.82) is 0 Å². The molecular formula is C22H27ClN2O3. The number of benzene rings is 2. The van der Waals surface area contributed by atoms with Crippen molar-refractivity contribution in [3.8, 4) is 5.75 Å². The van der Waals surface area contributed by atoms with Crippen molar-refractivity contribution in [1.82, 2.24) is 10.2 Å². The predicted octanol–water partition coefficient (Wildman–Crippen LogP) is 3.97. The molecule has 0 fully saturated rings. The average molecular weight is 403 g/mol. The lowest BCUT2D eigenvalue weighted by Gasteiger charge is -2.28. The van der Waals surface area contributed by atoms with E-state index in [1.54, 1.807) is 19.1 Å². The topological polar surface area (TPSA) is 58.6 Å². The van der Waals surface area contributed by atoms with Crippen LogP contribution in [0, 0.1) is 6.92 Å². The van der Waals surface area contributed by atoms with E-state index in [9.17, 15) is 9.59 Å². The fraction of sp³-hybridized carbons (Fsp3) is 0.364. The molecule has 0 aromatic heterocycles. The molecule has 0 radical (unpaired) electrons. The molecule has 0 aliphatic rings. The number of amides is 2. The summed E-state index contributed by atoms with van der Waals surface area (Å²) in [6.45, 7) is 6.43. The van der Waals surface area contributed by atoms with Gasteiger partial charge in [-0.15, -0.1) is 0 Å². The Balaban J connectivity index is 2.10. The molecule has 150 valence electrons. The molecule has 0 aliphatic heterocycles. The van der Waals surface area contributed by atoms with Crippen LogP contribution in [0.2, 0.25) is 5.02 Å². The Morgan fingerprint density at radius 3 is 2.36 bits per heavy atom. The number of halogens is 1. The zero-order chi connectivity index (χ0) is 20.5. The molecule has 2 rings (SSSR count). The normalized spacial score (nSPS) is 11.6. The van der Waals surface area contributed by atoms with E-state index in [2.05, 4.69) is 5.32 Å². The number of rotatable bonds is 9. The van der Waals surface area contributed by atoms with Gasteiger partial charge < -0.3 is 15.0 Å². The molecule has 0 spiro atoms. The lowest BCUT2D eigenvalue weighted by atomic mass is 10.1. The summed E-state index contributed by atoms with van der Waals surface area (Å²) in [5.74, 6) is 0.183. The van der Waals surface area contributed by atoms with Gasteiger partial charge in [0.15, 0.2) is 6.61 Å². The van der Waals surface area contributed by atoms with Crippen LogP contribution in [0.3, 0.4) is 0 Å². The molecule has 2 aromatic carbocycles. The summed E-state index contributed by atoms with van der Waals surface area (Å²) in [7, 11) is 0. The summed E-state index contributed by atoms with van der Waals surface area (Å²) in [6, 6.07) is 14.1. The Morgan fingerprint density at radius 2 is 1.75 bits per heavy atom. The van der Waals surface area contributed by atoms with Crippen molar-refractivity contribution in [2.45, 2.75) is 39.8 Å². The summed E-state index contributed by atoms with van der Waals surface area (Å²) in [5.41, 5.74) is 2.01. The zero-order valence-corrected chi connectivity index (χ0v) is 17.3. The average Bonchev–Trinajstić information content (AvgIpc) is 2.70. The van der Waals surface area contributed by atoms with Crippen molar-refractivity contribution >= 4 is 23.4 Å². The van der Waals surface area contributed by atoms with Crippen LogP contribution >= 0.6 is 11.6 Å².